The number of hydrogen-bond donors (Lipinski definition) is 0. The van der Waals surface area contributed by atoms with E-state index in [-0.39, 0.29) is 36.4 Å². The van der Waals surface area contributed by atoms with Crippen LogP contribution in [-0.2, 0) is 24.7 Å². The van der Waals surface area contributed by atoms with Gasteiger partial charge >= 0.3 is 24.7 Å². The van der Waals surface area contributed by atoms with Gasteiger partial charge in [-0.3, -0.25) is 0 Å². The quantitative estimate of drug-likeness (QED) is 0.350. The predicted molar refractivity (Wildman–Crippen MR) is 79.1 cm³/mol. The molecule has 0 atom stereocenters. The molecule has 0 aliphatic carbocycles. The fraction of sp³-hybridized carbons (Fsp3) is 0.250. The average molecular weight is 457 g/mol. The zero-order valence-electron chi connectivity index (χ0n) is 13.4. The van der Waals surface area contributed by atoms with Crippen molar-refractivity contribution in [1.82, 2.24) is 0 Å². The Morgan fingerprint density at radius 1 is 0.379 bits per heavy atom. The van der Waals surface area contributed by atoms with Gasteiger partial charge in [0.05, 0.1) is 22.3 Å². The summed E-state index contributed by atoms with van der Waals surface area (Å²) in [4.78, 5) is 0. The van der Waals surface area contributed by atoms with Crippen molar-refractivity contribution in [2.24, 2.45) is 0 Å². The number of rotatable bonds is 2. The summed E-state index contributed by atoms with van der Waals surface area (Å²) in [5.74, 6) is 0. The number of halogens is 12. The van der Waals surface area contributed by atoms with E-state index in [4.69, 9.17) is 0 Å². The van der Waals surface area contributed by atoms with Crippen molar-refractivity contribution < 1.29 is 52.7 Å². The SMILES string of the molecule is FC(F)(F)c1cc([P]c2cc(C(F)(F)F)cc(C(F)(F)F)c2)cc(C(F)(F)F)c1. The smallest absolute Gasteiger partial charge is 0.166 e. The second-order valence-electron chi connectivity index (χ2n) is 5.64. The standard InChI is InChI=1S/C16H6F12P/c17-13(18,19)7-1-8(14(20,21)22)4-11(3-7)29-12-5-9(15(23,24)25)2-10(6-12)16(26,27)28/h1-6H. The maximum absolute atomic E-state index is 12.8. The van der Waals surface area contributed by atoms with Crippen LogP contribution >= 0.6 is 8.58 Å². The molecule has 0 saturated heterocycles. The molecule has 0 aliphatic rings. The van der Waals surface area contributed by atoms with Gasteiger partial charge in [0.1, 0.15) is 0 Å². The van der Waals surface area contributed by atoms with Gasteiger partial charge in [-0.15, -0.1) is 0 Å². The van der Waals surface area contributed by atoms with Crippen molar-refractivity contribution in [3.63, 3.8) is 0 Å². The maximum atomic E-state index is 12.8. The minimum Gasteiger partial charge on any atom is -0.166 e. The Morgan fingerprint density at radius 2 is 0.586 bits per heavy atom. The highest BCUT2D eigenvalue weighted by Crippen LogP contribution is 2.38. The largest absolute Gasteiger partial charge is 0.416 e. The Hall–Kier alpha value is -1.97. The second kappa shape index (κ2) is 7.37. The molecule has 2 rings (SSSR count). The number of hydrogen-bond acceptors (Lipinski definition) is 0. The van der Waals surface area contributed by atoms with Crippen LogP contribution in [0.1, 0.15) is 22.3 Å². The highest BCUT2D eigenvalue weighted by atomic mass is 31.1. The lowest BCUT2D eigenvalue weighted by Gasteiger charge is -2.16. The summed E-state index contributed by atoms with van der Waals surface area (Å²) in [6.45, 7) is 0. The first kappa shape index (κ1) is 23.3. The predicted octanol–water partition coefficient (Wildman–Crippen LogP) is 6.66. The van der Waals surface area contributed by atoms with E-state index in [1.54, 1.807) is 0 Å². The Bertz CT molecular complexity index is 749. The average Bonchev–Trinajstić information content (AvgIpc) is 2.51. The monoisotopic (exact) mass is 457 g/mol. The van der Waals surface area contributed by atoms with Crippen molar-refractivity contribution in [3.8, 4) is 0 Å². The molecule has 1 radical (unpaired) electrons. The van der Waals surface area contributed by atoms with Gasteiger partial charge in [-0.1, -0.05) is 0 Å². The molecule has 0 aliphatic heterocycles. The van der Waals surface area contributed by atoms with Gasteiger partial charge in [-0.05, 0) is 55.6 Å². The van der Waals surface area contributed by atoms with Crippen LogP contribution in [0.25, 0.3) is 0 Å². The minimum atomic E-state index is -5.21. The van der Waals surface area contributed by atoms with Crippen LogP contribution in [-0.4, -0.2) is 0 Å². The molecule has 29 heavy (non-hydrogen) atoms. The van der Waals surface area contributed by atoms with Crippen LogP contribution in [0.5, 0.6) is 0 Å². The summed E-state index contributed by atoms with van der Waals surface area (Å²) in [7, 11) is -0.706. The molecule has 0 N–H and O–H groups in total. The lowest BCUT2D eigenvalue weighted by molar-refractivity contribution is -0.144. The highest BCUT2D eigenvalue weighted by molar-refractivity contribution is 7.55. The molecule has 159 valence electrons. The van der Waals surface area contributed by atoms with E-state index in [1.165, 1.54) is 0 Å². The van der Waals surface area contributed by atoms with E-state index >= 15 is 0 Å². The molecule has 0 amide bonds. The van der Waals surface area contributed by atoms with Crippen LogP contribution in [0.4, 0.5) is 52.7 Å². The highest BCUT2D eigenvalue weighted by Gasteiger charge is 2.38. The van der Waals surface area contributed by atoms with Gasteiger partial charge in [0.2, 0.25) is 0 Å². The van der Waals surface area contributed by atoms with Crippen molar-refractivity contribution >= 4 is 19.2 Å². The molecule has 2 aromatic carbocycles. The fourth-order valence-electron chi connectivity index (χ4n) is 2.16. The Balaban J connectivity index is 2.61. The number of alkyl halides is 12. The first-order chi connectivity index (χ1) is 12.9. The Kier molecular flexibility index (Phi) is 5.93. The molecule has 0 unspecified atom stereocenters. The topological polar surface area (TPSA) is 0 Å². The summed E-state index contributed by atoms with van der Waals surface area (Å²) in [6, 6.07) is 0.502. The third-order valence-corrected chi connectivity index (χ3v) is 4.44. The van der Waals surface area contributed by atoms with E-state index in [9.17, 15) is 52.7 Å². The molecule has 0 fully saturated rings. The molecule has 2 aromatic rings. The van der Waals surface area contributed by atoms with Crippen molar-refractivity contribution in [1.29, 1.82) is 0 Å². The first-order valence-electron chi connectivity index (χ1n) is 7.18. The maximum Gasteiger partial charge on any atom is 0.416 e. The summed E-state index contributed by atoms with van der Waals surface area (Å²) in [6.07, 6.45) is -20.8. The van der Waals surface area contributed by atoms with E-state index in [2.05, 4.69) is 0 Å². The molecule has 0 spiro atoms. The molecular formula is C16H6F12P. The normalized spacial score (nSPS) is 13.7. The van der Waals surface area contributed by atoms with E-state index in [1.807, 2.05) is 0 Å². The summed E-state index contributed by atoms with van der Waals surface area (Å²) in [5.41, 5.74) is -6.95. The minimum absolute atomic E-state index is 0.202. The van der Waals surface area contributed by atoms with Crippen LogP contribution in [0.3, 0.4) is 0 Å². The van der Waals surface area contributed by atoms with Crippen molar-refractivity contribution in [2.45, 2.75) is 24.7 Å². The van der Waals surface area contributed by atoms with Crippen LogP contribution < -0.4 is 10.6 Å². The molecular weight excluding hydrogens is 451 g/mol. The summed E-state index contributed by atoms with van der Waals surface area (Å²) < 4.78 is 154. The molecule has 0 heterocycles. The first-order valence-corrected chi connectivity index (χ1v) is 8.07. The molecule has 0 saturated carbocycles. The molecule has 13 heteroatoms. The molecule has 0 aromatic heterocycles. The third kappa shape index (κ3) is 6.01. The fourth-order valence-corrected chi connectivity index (χ4v) is 3.27. The third-order valence-electron chi connectivity index (χ3n) is 3.40. The van der Waals surface area contributed by atoms with Gasteiger partial charge < -0.3 is 0 Å². The van der Waals surface area contributed by atoms with Crippen LogP contribution in [0.15, 0.2) is 36.4 Å². The summed E-state index contributed by atoms with van der Waals surface area (Å²) >= 11 is 0. The number of benzene rings is 2. The summed E-state index contributed by atoms with van der Waals surface area (Å²) in [5, 5.41) is -1.56. The lowest BCUT2D eigenvalue weighted by Crippen LogP contribution is -2.18. The van der Waals surface area contributed by atoms with Gasteiger partial charge in [-0.2, -0.15) is 52.7 Å². The van der Waals surface area contributed by atoms with Crippen molar-refractivity contribution in [2.75, 3.05) is 0 Å². The zero-order valence-corrected chi connectivity index (χ0v) is 14.3. The van der Waals surface area contributed by atoms with E-state index < -0.39 is 66.1 Å². The Morgan fingerprint density at radius 3 is 0.759 bits per heavy atom. The van der Waals surface area contributed by atoms with Crippen LogP contribution in [0.2, 0.25) is 0 Å². The van der Waals surface area contributed by atoms with Gasteiger partial charge in [0.25, 0.3) is 0 Å². The molecule has 0 bridgehead atoms. The van der Waals surface area contributed by atoms with Crippen LogP contribution in [0, 0.1) is 0 Å². The Labute approximate surface area is 156 Å². The zero-order chi connectivity index (χ0) is 22.4. The lowest BCUT2D eigenvalue weighted by atomic mass is 10.1. The molecule has 0 nitrogen and oxygen atoms in total. The van der Waals surface area contributed by atoms with E-state index in [0.717, 1.165) is 0 Å². The van der Waals surface area contributed by atoms with E-state index in [0.29, 0.717) is 0 Å². The van der Waals surface area contributed by atoms with Gasteiger partial charge in [0, 0.05) is 0 Å². The van der Waals surface area contributed by atoms with Gasteiger partial charge in [-0.25, -0.2) is 0 Å². The van der Waals surface area contributed by atoms with Gasteiger partial charge in [0.15, 0.2) is 0 Å². The van der Waals surface area contributed by atoms with Crippen molar-refractivity contribution in [3.05, 3.63) is 58.7 Å². The second-order valence-corrected chi connectivity index (χ2v) is 6.90.